The molecule has 3 N–H and O–H groups in total. The molecular formula is C12H19FN4O2. The van der Waals surface area contributed by atoms with Gasteiger partial charge in [-0.25, -0.2) is 4.52 Å². The number of hydrogen-bond acceptors (Lipinski definition) is 5. The molecule has 7 heteroatoms. The van der Waals surface area contributed by atoms with Crippen LogP contribution in [-0.4, -0.2) is 40.0 Å². The van der Waals surface area contributed by atoms with Crippen LogP contribution in [0.1, 0.15) is 19.0 Å². The Hall–Kier alpha value is -1.73. The zero-order valence-corrected chi connectivity index (χ0v) is 11.3. The monoisotopic (exact) mass is 270 g/mol. The maximum atomic E-state index is 13.1. The number of hydrogen-bond donors (Lipinski definition) is 2. The van der Waals surface area contributed by atoms with Crippen molar-refractivity contribution in [3.63, 3.8) is 0 Å². The number of nitrogens with two attached hydrogens (primary N) is 1. The van der Waals surface area contributed by atoms with Crippen molar-refractivity contribution in [1.29, 1.82) is 0 Å². The first kappa shape index (κ1) is 15.3. The third kappa shape index (κ3) is 3.62. The lowest BCUT2D eigenvalue weighted by Gasteiger charge is -2.08. The lowest BCUT2D eigenvalue weighted by molar-refractivity contribution is 0.111. The second kappa shape index (κ2) is 7.01. The van der Waals surface area contributed by atoms with E-state index in [9.17, 15) is 4.39 Å². The minimum atomic E-state index is -0.813. The molecule has 0 aromatic carbocycles. The van der Waals surface area contributed by atoms with Gasteiger partial charge in [-0.15, -0.1) is 5.10 Å². The van der Waals surface area contributed by atoms with Gasteiger partial charge in [-0.05, 0) is 31.9 Å². The molecule has 0 aliphatic heterocycles. The summed E-state index contributed by atoms with van der Waals surface area (Å²) in [7, 11) is 2.67. The maximum absolute atomic E-state index is 13.1. The summed E-state index contributed by atoms with van der Waals surface area (Å²) in [6.45, 7) is 1.99. The number of anilines is 1. The van der Waals surface area contributed by atoms with Crippen LogP contribution in [0, 0.1) is 6.08 Å². The van der Waals surface area contributed by atoms with Gasteiger partial charge in [0.15, 0.2) is 5.82 Å². The minimum Gasteiger partial charge on any atom is -0.400 e. The molecule has 0 aliphatic rings. The first-order valence-electron chi connectivity index (χ1n) is 5.89. The third-order valence-corrected chi connectivity index (χ3v) is 2.80. The van der Waals surface area contributed by atoms with Gasteiger partial charge in [0.1, 0.15) is 5.52 Å². The zero-order valence-electron chi connectivity index (χ0n) is 11.3. The number of aryl methyl sites for hydroxylation is 1. The molecule has 0 aliphatic carbocycles. The molecular weight excluding hydrogens is 251 g/mol. The van der Waals surface area contributed by atoms with E-state index in [1.807, 2.05) is 13.0 Å². The molecule has 1 atom stereocenters. The van der Waals surface area contributed by atoms with E-state index in [1.54, 1.807) is 13.2 Å². The fraction of sp³-hybridized carbons (Fsp3) is 0.500. The van der Waals surface area contributed by atoms with Gasteiger partial charge in [0, 0.05) is 19.9 Å². The maximum Gasteiger partial charge on any atom is 0.327 e. The second-order valence-electron chi connectivity index (χ2n) is 3.97. The van der Waals surface area contributed by atoms with E-state index >= 15 is 0 Å². The highest BCUT2D eigenvalue weighted by atomic mass is 19.1. The van der Waals surface area contributed by atoms with Crippen LogP contribution in [0.2, 0.25) is 0 Å². The Kier molecular flexibility index (Phi) is 5.65. The fourth-order valence-corrected chi connectivity index (χ4v) is 1.70. The van der Waals surface area contributed by atoms with Crippen molar-refractivity contribution in [1.82, 2.24) is 14.6 Å². The van der Waals surface area contributed by atoms with Gasteiger partial charge in [0.05, 0.1) is 6.10 Å². The molecule has 2 rings (SSSR count). The number of aliphatic hydroxyl groups is 1. The van der Waals surface area contributed by atoms with Crippen LogP contribution < -0.4 is 5.73 Å². The predicted octanol–water partition coefficient (Wildman–Crippen LogP) is 1.03. The number of fused-ring (bicyclic) bond motifs is 1. The van der Waals surface area contributed by atoms with Crippen LogP contribution in [0.15, 0.2) is 12.1 Å². The van der Waals surface area contributed by atoms with Crippen molar-refractivity contribution in [3.8, 4) is 0 Å². The topological polar surface area (TPSA) is 85.7 Å². The van der Waals surface area contributed by atoms with E-state index in [0.29, 0.717) is 5.52 Å². The van der Waals surface area contributed by atoms with Crippen molar-refractivity contribution in [3.05, 3.63) is 23.9 Å². The Morgan fingerprint density at radius 2 is 2.16 bits per heavy atom. The highest BCUT2D eigenvalue weighted by Gasteiger charge is 2.10. The molecule has 2 heterocycles. The number of halogens is 1. The number of aromatic nitrogens is 3. The molecule has 1 unspecified atom stereocenters. The molecule has 2 aromatic rings. The molecule has 0 saturated heterocycles. The summed E-state index contributed by atoms with van der Waals surface area (Å²) < 4.78 is 19.7. The van der Waals surface area contributed by atoms with Crippen molar-refractivity contribution in [2.75, 3.05) is 20.0 Å². The van der Waals surface area contributed by atoms with Crippen LogP contribution in [-0.2, 0) is 11.2 Å². The predicted molar refractivity (Wildman–Crippen MR) is 70.3 cm³/mol. The van der Waals surface area contributed by atoms with E-state index in [2.05, 4.69) is 10.1 Å². The zero-order chi connectivity index (χ0) is 14.4. The molecule has 0 radical (unpaired) electrons. The second-order valence-corrected chi connectivity index (χ2v) is 3.97. The van der Waals surface area contributed by atoms with E-state index in [4.69, 9.17) is 15.6 Å². The molecule has 2 aromatic heterocycles. The molecule has 6 nitrogen and oxygen atoms in total. The molecule has 0 amide bonds. The Balaban J connectivity index is 0.000000861. The van der Waals surface area contributed by atoms with E-state index < -0.39 is 6.08 Å². The largest absolute Gasteiger partial charge is 0.400 e. The Morgan fingerprint density at radius 3 is 2.79 bits per heavy atom. The summed E-state index contributed by atoms with van der Waals surface area (Å²) in [4.78, 5) is 3.48. The Bertz CT molecular complexity index is 530. The van der Waals surface area contributed by atoms with Crippen molar-refractivity contribution >= 4 is 11.3 Å². The summed E-state index contributed by atoms with van der Waals surface area (Å²) in [5.41, 5.74) is 7.15. The third-order valence-electron chi connectivity index (χ3n) is 2.80. The SMILES string of the molecule is CO.COC(C)CCc1ccc2c(N)nc(F)nn12. The number of nitrogens with zero attached hydrogens (tertiary/aromatic N) is 3. The Morgan fingerprint density at radius 1 is 1.47 bits per heavy atom. The quantitative estimate of drug-likeness (QED) is 0.866. The van der Waals surface area contributed by atoms with Gasteiger partial charge >= 0.3 is 6.08 Å². The number of methoxy groups -OCH3 is 1. The molecule has 106 valence electrons. The molecule has 0 fully saturated rings. The smallest absolute Gasteiger partial charge is 0.327 e. The van der Waals surface area contributed by atoms with E-state index in [0.717, 1.165) is 25.6 Å². The van der Waals surface area contributed by atoms with Crippen LogP contribution >= 0.6 is 0 Å². The summed E-state index contributed by atoms with van der Waals surface area (Å²) in [5, 5.41) is 10.7. The summed E-state index contributed by atoms with van der Waals surface area (Å²) in [6, 6.07) is 3.67. The number of rotatable bonds is 4. The Labute approximate surface area is 111 Å². The van der Waals surface area contributed by atoms with Gasteiger partial charge in [-0.3, -0.25) is 0 Å². The number of aliphatic hydroxyl groups excluding tert-OH is 1. The van der Waals surface area contributed by atoms with Gasteiger partial charge in [0.25, 0.3) is 0 Å². The van der Waals surface area contributed by atoms with Gasteiger partial charge in [0.2, 0.25) is 0 Å². The molecule has 19 heavy (non-hydrogen) atoms. The molecule has 0 saturated carbocycles. The van der Waals surface area contributed by atoms with Crippen molar-refractivity contribution in [2.45, 2.75) is 25.9 Å². The van der Waals surface area contributed by atoms with Crippen LogP contribution in [0.5, 0.6) is 0 Å². The highest BCUT2D eigenvalue weighted by Crippen LogP contribution is 2.16. The summed E-state index contributed by atoms with van der Waals surface area (Å²) >= 11 is 0. The van der Waals surface area contributed by atoms with Crippen molar-refractivity contribution < 1.29 is 14.2 Å². The average molecular weight is 270 g/mol. The minimum absolute atomic E-state index is 0.156. The summed E-state index contributed by atoms with van der Waals surface area (Å²) in [5.74, 6) is 0.156. The molecule has 0 spiro atoms. The number of ether oxygens (including phenoxy) is 1. The fourth-order valence-electron chi connectivity index (χ4n) is 1.70. The van der Waals surface area contributed by atoms with E-state index in [-0.39, 0.29) is 11.9 Å². The standard InChI is InChI=1S/C11H15FN4O.CH4O/c1-7(17-2)3-4-8-5-6-9-10(13)14-11(12)15-16(8)9;1-2/h5-7H,3-4H2,1-2H3,(H2,13,14,15);2H,1H3. The lowest BCUT2D eigenvalue weighted by Crippen LogP contribution is -2.09. The van der Waals surface area contributed by atoms with Crippen LogP contribution in [0.4, 0.5) is 10.2 Å². The van der Waals surface area contributed by atoms with Gasteiger partial charge < -0.3 is 15.6 Å². The number of nitrogen functional groups attached to an aromatic ring is 1. The normalized spacial score (nSPS) is 12.1. The molecule has 0 bridgehead atoms. The van der Waals surface area contributed by atoms with Gasteiger partial charge in [-0.1, -0.05) is 0 Å². The lowest BCUT2D eigenvalue weighted by atomic mass is 10.2. The highest BCUT2D eigenvalue weighted by molar-refractivity contribution is 5.65. The van der Waals surface area contributed by atoms with Crippen LogP contribution in [0.25, 0.3) is 5.52 Å². The van der Waals surface area contributed by atoms with E-state index in [1.165, 1.54) is 4.52 Å². The first-order valence-corrected chi connectivity index (χ1v) is 5.89. The summed E-state index contributed by atoms with van der Waals surface area (Å²) in [6.07, 6.45) is 0.935. The van der Waals surface area contributed by atoms with Crippen LogP contribution in [0.3, 0.4) is 0 Å². The van der Waals surface area contributed by atoms with Crippen molar-refractivity contribution in [2.24, 2.45) is 0 Å². The average Bonchev–Trinajstić information content (AvgIpc) is 2.81. The first-order chi connectivity index (χ1) is 9.11. The van der Waals surface area contributed by atoms with Gasteiger partial charge in [-0.2, -0.15) is 9.37 Å².